The molecule has 0 radical (unpaired) electrons. The Kier molecular flexibility index (Phi) is 8.84. The van der Waals surface area contributed by atoms with Crippen LogP contribution in [0.3, 0.4) is 0 Å². The number of hydrogen-bond donors (Lipinski definition) is 1. The highest BCUT2D eigenvalue weighted by Crippen LogP contribution is 2.59. The first kappa shape index (κ1) is 27.4. The second-order valence-electron chi connectivity index (χ2n) is 8.93. The predicted molar refractivity (Wildman–Crippen MR) is 143 cm³/mol. The summed E-state index contributed by atoms with van der Waals surface area (Å²) in [7, 11) is -3.68. The summed E-state index contributed by atoms with van der Waals surface area (Å²) in [6.07, 6.45) is 3.09. The van der Waals surface area contributed by atoms with Crippen LogP contribution in [0.15, 0.2) is 54.0 Å². The molecule has 0 fully saturated rings. The van der Waals surface area contributed by atoms with Crippen molar-refractivity contribution in [3.63, 3.8) is 0 Å². The van der Waals surface area contributed by atoms with Gasteiger partial charge >= 0.3 is 5.97 Å². The number of fused-ring (bicyclic) bond motifs is 1. The zero-order chi connectivity index (χ0) is 25.8. The Morgan fingerprint density at radius 2 is 1.89 bits per heavy atom. The maximum absolute atomic E-state index is 13.8. The van der Waals surface area contributed by atoms with E-state index in [0.29, 0.717) is 26.6 Å². The molecule has 0 aliphatic heterocycles. The first-order chi connectivity index (χ1) is 16.4. The smallest absolute Gasteiger partial charge is 0.313 e. The summed E-state index contributed by atoms with van der Waals surface area (Å²) in [5, 5.41) is 6.17. The molecule has 1 heterocycles. The number of benzene rings is 2. The lowest BCUT2D eigenvalue weighted by molar-refractivity contribution is -0.159. The third kappa shape index (κ3) is 6.96. The maximum Gasteiger partial charge on any atom is 0.313 e. The van der Waals surface area contributed by atoms with Gasteiger partial charge in [-0.2, -0.15) is 0 Å². The van der Waals surface area contributed by atoms with E-state index in [0.717, 1.165) is 4.70 Å². The van der Waals surface area contributed by atoms with Crippen LogP contribution in [0.4, 0.5) is 0 Å². The molecule has 0 saturated carbocycles. The summed E-state index contributed by atoms with van der Waals surface area (Å²) in [5.74, 6) is -1.05. The zero-order valence-corrected chi connectivity index (χ0v) is 22.9. The summed E-state index contributed by atoms with van der Waals surface area (Å²) in [5.41, 5.74) is -0.686. The highest BCUT2D eigenvalue weighted by molar-refractivity contribution is 7.59. The third-order valence-corrected chi connectivity index (χ3v) is 8.71. The number of halogens is 2. The standard InChI is InChI=1S/C25H26Cl2NO5PS/c1-25(2,3)24(30)32-15-33-34(4,31)22(19-14-35-21-10-9-17(26)13-18(19)21)23(29)28-12-11-16-7-5-6-8-20(16)27/h5-14,22H,15H2,1-4H3,(H,28,29)/b12-11+. The lowest BCUT2D eigenvalue weighted by Crippen LogP contribution is -2.27. The minimum absolute atomic E-state index is 0.487. The van der Waals surface area contributed by atoms with Gasteiger partial charge < -0.3 is 10.1 Å². The van der Waals surface area contributed by atoms with Crippen molar-refractivity contribution in [3.05, 3.63) is 75.2 Å². The second kappa shape index (κ2) is 11.3. The molecule has 1 amide bonds. The van der Waals surface area contributed by atoms with Gasteiger partial charge in [0.1, 0.15) is 5.66 Å². The van der Waals surface area contributed by atoms with Gasteiger partial charge in [0.2, 0.25) is 13.3 Å². The quantitative estimate of drug-likeness (QED) is 0.177. The SMILES string of the molecule is CC(C)(C)C(=O)OCOP(C)(=O)C(C(=O)N/C=C/c1ccccc1Cl)c1csc2ccc(Cl)cc12. The number of amides is 1. The number of nitrogens with one attached hydrogen (secondary N) is 1. The summed E-state index contributed by atoms with van der Waals surface area (Å²) < 4.78 is 25.3. The topological polar surface area (TPSA) is 81.7 Å². The van der Waals surface area contributed by atoms with Gasteiger partial charge in [-0.1, -0.05) is 41.4 Å². The second-order valence-corrected chi connectivity index (χ2v) is 13.3. The molecule has 1 aromatic heterocycles. The molecule has 2 unspecified atom stereocenters. The fourth-order valence-electron chi connectivity index (χ4n) is 3.22. The molecule has 2 aromatic carbocycles. The minimum Gasteiger partial charge on any atom is -0.438 e. The van der Waals surface area contributed by atoms with E-state index in [1.165, 1.54) is 24.2 Å². The van der Waals surface area contributed by atoms with Gasteiger partial charge in [0, 0.05) is 27.6 Å². The van der Waals surface area contributed by atoms with Crippen LogP contribution >= 0.6 is 41.9 Å². The Morgan fingerprint density at radius 1 is 1.17 bits per heavy atom. The van der Waals surface area contributed by atoms with Crippen molar-refractivity contribution in [1.82, 2.24) is 5.32 Å². The van der Waals surface area contributed by atoms with Crippen molar-refractivity contribution in [2.24, 2.45) is 5.41 Å². The molecule has 0 saturated heterocycles. The van der Waals surface area contributed by atoms with E-state index in [-0.39, 0.29) is 0 Å². The van der Waals surface area contributed by atoms with Gasteiger partial charge in [-0.3, -0.25) is 18.7 Å². The predicted octanol–water partition coefficient (Wildman–Crippen LogP) is 7.51. The molecular weight excluding hydrogens is 528 g/mol. The van der Waals surface area contributed by atoms with Crippen LogP contribution in [0.25, 0.3) is 16.2 Å². The molecule has 3 aromatic rings. The van der Waals surface area contributed by atoms with E-state index in [4.69, 9.17) is 32.5 Å². The van der Waals surface area contributed by atoms with Crippen molar-refractivity contribution >= 4 is 69.9 Å². The number of carbonyl (C=O) groups is 2. The van der Waals surface area contributed by atoms with Crippen LogP contribution in [0.1, 0.15) is 37.6 Å². The van der Waals surface area contributed by atoms with E-state index < -0.39 is 37.1 Å². The third-order valence-electron chi connectivity index (χ3n) is 5.08. The Balaban J connectivity index is 1.90. The summed E-state index contributed by atoms with van der Waals surface area (Å²) >= 11 is 13.8. The summed E-state index contributed by atoms with van der Waals surface area (Å²) in [6.45, 7) is 5.91. The number of rotatable bonds is 8. The first-order valence-electron chi connectivity index (χ1n) is 10.7. The molecule has 2 atom stereocenters. The molecule has 0 aliphatic rings. The number of esters is 1. The van der Waals surface area contributed by atoms with E-state index in [2.05, 4.69) is 5.32 Å². The van der Waals surface area contributed by atoms with E-state index in [1.807, 2.05) is 12.1 Å². The van der Waals surface area contributed by atoms with Gasteiger partial charge in [0.05, 0.1) is 5.41 Å². The van der Waals surface area contributed by atoms with Gasteiger partial charge in [0.15, 0.2) is 6.79 Å². The van der Waals surface area contributed by atoms with Crippen LogP contribution in [-0.2, 0) is 23.4 Å². The number of hydrogen-bond acceptors (Lipinski definition) is 6. The lowest BCUT2D eigenvalue weighted by Gasteiger charge is -2.24. The van der Waals surface area contributed by atoms with E-state index >= 15 is 0 Å². The Morgan fingerprint density at radius 3 is 2.57 bits per heavy atom. The van der Waals surface area contributed by atoms with Crippen molar-refractivity contribution in [2.45, 2.75) is 26.4 Å². The summed E-state index contributed by atoms with van der Waals surface area (Å²) in [4.78, 5) is 25.5. The normalized spacial score (nSPS) is 14.6. The fraction of sp³-hybridized carbons (Fsp3) is 0.280. The largest absolute Gasteiger partial charge is 0.438 e. The summed E-state index contributed by atoms with van der Waals surface area (Å²) in [6, 6.07) is 12.5. The van der Waals surface area contributed by atoms with Crippen molar-refractivity contribution < 1.29 is 23.4 Å². The molecule has 3 rings (SSSR count). The van der Waals surface area contributed by atoms with E-state index in [9.17, 15) is 14.2 Å². The molecule has 186 valence electrons. The maximum atomic E-state index is 13.8. The number of carbonyl (C=O) groups excluding carboxylic acids is 2. The van der Waals surface area contributed by atoms with Gasteiger partial charge in [-0.05, 0) is 73.0 Å². The average molecular weight is 554 g/mol. The van der Waals surface area contributed by atoms with Crippen molar-refractivity contribution in [1.29, 1.82) is 0 Å². The van der Waals surface area contributed by atoms with Crippen LogP contribution in [0.2, 0.25) is 10.0 Å². The van der Waals surface area contributed by atoms with Crippen LogP contribution in [0.5, 0.6) is 0 Å². The zero-order valence-electron chi connectivity index (χ0n) is 19.7. The van der Waals surface area contributed by atoms with Gasteiger partial charge in [-0.25, -0.2) is 0 Å². The molecule has 0 aliphatic carbocycles. The Bertz CT molecular complexity index is 1310. The van der Waals surface area contributed by atoms with Crippen LogP contribution in [-0.4, -0.2) is 25.3 Å². The highest BCUT2D eigenvalue weighted by atomic mass is 35.5. The van der Waals surface area contributed by atoms with Gasteiger partial charge in [0.25, 0.3) is 0 Å². The van der Waals surface area contributed by atoms with Crippen LogP contribution in [0, 0.1) is 5.41 Å². The first-order valence-corrected chi connectivity index (χ1v) is 14.4. The molecule has 10 heteroatoms. The molecule has 6 nitrogen and oxygen atoms in total. The van der Waals surface area contributed by atoms with Gasteiger partial charge in [-0.15, -0.1) is 11.3 Å². The molecule has 0 spiro atoms. The average Bonchev–Trinajstić information content (AvgIpc) is 3.16. The lowest BCUT2D eigenvalue weighted by atomic mass is 9.98. The van der Waals surface area contributed by atoms with E-state index in [1.54, 1.807) is 62.6 Å². The molecule has 0 bridgehead atoms. The minimum atomic E-state index is -3.68. The highest BCUT2D eigenvalue weighted by Gasteiger charge is 2.39. The molecule has 1 N–H and O–H groups in total. The monoisotopic (exact) mass is 553 g/mol. The molecule has 35 heavy (non-hydrogen) atoms. The van der Waals surface area contributed by atoms with Crippen molar-refractivity contribution in [2.75, 3.05) is 13.5 Å². The number of thiophene rings is 1. The fourth-order valence-corrected chi connectivity index (χ4v) is 6.29. The Labute approximate surface area is 218 Å². The van der Waals surface area contributed by atoms with Crippen LogP contribution < -0.4 is 5.32 Å². The Hall–Kier alpha value is -2.15. The molecular formula is C25H26Cl2NO5PS. The number of ether oxygens (including phenoxy) is 1. The van der Waals surface area contributed by atoms with Crippen molar-refractivity contribution in [3.8, 4) is 0 Å².